The van der Waals surface area contributed by atoms with Crippen molar-refractivity contribution >= 4 is 0 Å². The summed E-state index contributed by atoms with van der Waals surface area (Å²) in [5.74, 6) is -0.0108. The van der Waals surface area contributed by atoms with Gasteiger partial charge in [-0.15, -0.1) is 0 Å². The Morgan fingerprint density at radius 3 is 2.54 bits per heavy atom. The van der Waals surface area contributed by atoms with Crippen molar-refractivity contribution in [3.8, 4) is 5.75 Å². The van der Waals surface area contributed by atoms with Crippen LogP contribution in [-0.2, 0) is 18.0 Å². The first kappa shape index (κ1) is 16.7. The second-order valence-corrected chi connectivity index (χ2v) is 6.74. The van der Waals surface area contributed by atoms with E-state index in [-0.39, 0.29) is 25.0 Å². The van der Waals surface area contributed by atoms with Gasteiger partial charge in [0.05, 0.1) is 16.9 Å². The van der Waals surface area contributed by atoms with Crippen molar-refractivity contribution in [2.24, 2.45) is 0 Å². The summed E-state index contributed by atoms with van der Waals surface area (Å²) in [4.78, 5) is 7.84. The first-order chi connectivity index (χ1) is 11.1. The van der Waals surface area contributed by atoms with Gasteiger partial charge in [0.2, 0.25) is 0 Å². The molecule has 0 saturated heterocycles. The van der Waals surface area contributed by atoms with Crippen LogP contribution in [0.2, 0.25) is 0 Å². The Labute approximate surface area is 137 Å². The number of hydrogen-bond acceptors (Lipinski definition) is 4. The molecule has 0 amide bonds. The van der Waals surface area contributed by atoms with Crippen LogP contribution in [0, 0.1) is 0 Å². The second-order valence-electron chi connectivity index (χ2n) is 6.74. The monoisotopic (exact) mass is 338 g/mol. The number of aromatic nitrogens is 2. The summed E-state index contributed by atoms with van der Waals surface area (Å²) in [5, 5.41) is 20.1. The average Bonchev–Trinajstić information content (AvgIpc) is 2.47. The van der Waals surface area contributed by atoms with Crippen LogP contribution in [0.4, 0.5) is 13.2 Å². The summed E-state index contributed by atoms with van der Waals surface area (Å²) in [7, 11) is 0. The maximum absolute atomic E-state index is 13.0. The Balaban J connectivity index is 2.00. The van der Waals surface area contributed by atoms with E-state index in [1.54, 1.807) is 13.0 Å². The number of halogens is 3. The fourth-order valence-corrected chi connectivity index (χ4v) is 3.61. The lowest BCUT2D eigenvalue weighted by atomic mass is 9.55. The van der Waals surface area contributed by atoms with E-state index in [4.69, 9.17) is 0 Å². The molecule has 0 radical (unpaired) electrons. The van der Waals surface area contributed by atoms with Gasteiger partial charge < -0.3 is 10.2 Å². The smallest absolute Gasteiger partial charge is 0.417 e. The third-order valence-electron chi connectivity index (χ3n) is 4.49. The number of nitrogens with zero attached hydrogens (tertiary/aromatic N) is 2. The minimum absolute atomic E-state index is 0.0108. The van der Waals surface area contributed by atoms with Gasteiger partial charge in [0.15, 0.2) is 0 Å². The van der Waals surface area contributed by atoms with Crippen LogP contribution in [0.5, 0.6) is 5.75 Å². The largest absolute Gasteiger partial charge is 0.506 e. The molecule has 128 valence electrons. The first-order valence-corrected chi connectivity index (χ1v) is 7.49. The Kier molecular flexibility index (Phi) is 3.79. The Hall–Kier alpha value is -2.15. The van der Waals surface area contributed by atoms with Gasteiger partial charge in [-0.2, -0.15) is 13.2 Å². The molecule has 24 heavy (non-hydrogen) atoms. The minimum atomic E-state index is -4.48. The van der Waals surface area contributed by atoms with E-state index in [9.17, 15) is 23.4 Å². The average molecular weight is 338 g/mol. The number of rotatable bonds is 3. The topological polar surface area (TPSA) is 66.2 Å². The van der Waals surface area contributed by atoms with Gasteiger partial charge in [0.1, 0.15) is 5.75 Å². The molecule has 1 fully saturated rings. The molecule has 0 aliphatic heterocycles. The summed E-state index contributed by atoms with van der Waals surface area (Å²) >= 11 is 0. The fraction of sp³-hybridized carbons (Fsp3) is 0.412. The molecular weight excluding hydrogens is 321 g/mol. The number of pyridine rings is 2. The lowest BCUT2D eigenvalue weighted by Crippen LogP contribution is -2.54. The number of hydrogen-bond donors (Lipinski definition) is 2. The zero-order valence-corrected chi connectivity index (χ0v) is 13.0. The van der Waals surface area contributed by atoms with E-state index in [2.05, 4.69) is 9.97 Å². The van der Waals surface area contributed by atoms with E-state index in [1.807, 2.05) is 0 Å². The van der Waals surface area contributed by atoms with Crippen LogP contribution in [0.3, 0.4) is 0 Å². The molecule has 4 nitrogen and oxygen atoms in total. The molecule has 1 saturated carbocycles. The molecule has 2 N–H and O–H groups in total. The van der Waals surface area contributed by atoms with Crippen molar-refractivity contribution in [2.45, 2.75) is 43.4 Å². The Morgan fingerprint density at radius 1 is 1.25 bits per heavy atom. The SMILES string of the molecule is CC1(O)CC(Cc2ncccc2O)(c2cncc(C(F)(F)F)c2)C1. The van der Waals surface area contributed by atoms with Gasteiger partial charge in [-0.1, -0.05) is 0 Å². The van der Waals surface area contributed by atoms with Gasteiger partial charge in [0.25, 0.3) is 0 Å². The van der Waals surface area contributed by atoms with Gasteiger partial charge in [-0.3, -0.25) is 9.97 Å². The van der Waals surface area contributed by atoms with Gasteiger partial charge in [0, 0.05) is 30.4 Å². The highest BCUT2D eigenvalue weighted by atomic mass is 19.4. The van der Waals surface area contributed by atoms with Crippen molar-refractivity contribution in [2.75, 3.05) is 0 Å². The molecule has 0 bridgehead atoms. The standard InChI is InChI=1S/C17H17F3N2O2/c1-15(24)9-16(10-15,6-13-14(23)3-2-4-22-13)11-5-12(8-21-7-11)17(18,19)20/h2-5,7-8,23-24H,6,9-10H2,1H3. The van der Waals surface area contributed by atoms with E-state index < -0.39 is 22.8 Å². The normalized spacial score (nSPS) is 26.9. The number of aliphatic hydroxyl groups is 1. The van der Waals surface area contributed by atoms with E-state index >= 15 is 0 Å². The second kappa shape index (κ2) is 5.44. The summed E-state index contributed by atoms with van der Waals surface area (Å²) in [6.45, 7) is 1.64. The van der Waals surface area contributed by atoms with E-state index in [1.165, 1.54) is 18.5 Å². The first-order valence-electron chi connectivity index (χ1n) is 7.49. The van der Waals surface area contributed by atoms with Crippen LogP contribution < -0.4 is 0 Å². The zero-order chi connectivity index (χ0) is 17.6. The van der Waals surface area contributed by atoms with Crippen molar-refractivity contribution < 1.29 is 23.4 Å². The van der Waals surface area contributed by atoms with Crippen LogP contribution >= 0.6 is 0 Å². The van der Waals surface area contributed by atoms with Gasteiger partial charge in [-0.05, 0) is 43.5 Å². The van der Waals surface area contributed by atoms with Crippen molar-refractivity contribution in [1.82, 2.24) is 9.97 Å². The van der Waals surface area contributed by atoms with E-state index in [0.717, 1.165) is 12.3 Å². The third kappa shape index (κ3) is 3.08. The van der Waals surface area contributed by atoms with Crippen molar-refractivity contribution in [3.63, 3.8) is 0 Å². The highest BCUT2D eigenvalue weighted by Crippen LogP contribution is 2.52. The van der Waals surface area contributed by atoms with Crippen LogP contribution in [-0.4, -0.2) is 25.8 Å². The van der Waals surface area contributed by atoms with Gasteiger partial charge >= 0.3 is 6.18 Å². The Bertz CT molecular complexity index is 751. The van der Waals surface area contributed by atoms with Crippen LogP contribution in [0.15, 0.2) is 36.8 Å². The third-order valence-corrected chi connectivity index (χ3v) is 4.49. The molecule has 2 aromatic heterocycles. The minimum Gasteiger partial charge on any atom is -0.506 e. The molecule has 0 aromatic carbocycles. The molecule has 3 rings (SSSR count). The predicted molar refractivity (Wildman–Crippen MR) is 80.4 cm³/mol. The molecule has 2 aromatic rings. The molecule has 1 aliphatic carbocycles. The van der Waals surface area contributed by atoms with Crippen LogP contribution in [0.25, 0.3) is 0 Å². The summed E-state index contributed by atoms with van der Waals surface area (Å²) in [6, 6.07) is 4.13. The lowest BCUT2D eigenvalue weighted by molar-refractivity contribution is -0.138. The lowest BCUT2D eigenvalue weighted by Gasteiger charge is -2.52. The molecule has 1 aliphatic rings. The highest BCUT2D eigenvalue weighted by molar-refractivity contribution is 5.37. The molecule has 0 atom stereocenters. The highest BCUT2D eigenvalue weighted by Gasteiger charge is 2.53. The Morgan fingerprint density at radius 2 is 1.96 bits per heavy atom. The molecule has 0 spiro atoms. The summed E-state index contributed by atoms with van der Waals surface area (Å²) < 4.78 is 38.9. The summed E-state index contributed by atoms with van der Waals surface area (Å²) in [6.07, 6.45) is 0.00108. The maximum Gasteiger partial charge on any atom is 0.417 e. The maximum atomic E-state index is 13.0. The zero-order valence-electron chi connectivity index (χ0n) is 13.0. The summed E-state index contributed by atoms with van der Waals surface area (Å²) in [5.41, 5.74) is -1.72. The predicted octanol–water partition coefficient (Wildman–Crippen LogP) is 3.23. The van der Waals surface area contributed by atoms with Crippen molar-refractivity contribution in [3.05, 3.63) is 53.6 Å². The van der Waals surface area contributed by atoms with Crippen molar-refractivity contribution in [1.29, 1.82) is 0 Å². The number of aromatic hydroxyl groups is 1. The molecule has 7 heteroatoms. The molecular formula is C17H17F3N2O2. The molecule has 2 heterocycles. The van der Waals surface area contributed by atoms with Crippen LogP contribution in [0.1, 0.15) is 36.6 Å². The number of alkyl halides is 3. The quantitative estimate of drug-likeness (QED) is 0.902. The van der Waals surface area contributed by atoms with E-state index in [0.29, 0.717) is 11.3 Å². The fourth-order valence-electron chi connectivity index (χ4n) is 3.61. The van der Waals surface area contributed by atoms with Gasteiger partial charge in [-0.25, -0.2) is 0 Å². The molecule has 0 unspecified atom stereocenters.